The summed E-state index contributed by atoms with van der Waals surface area (Å²) >= 11 is 0. The highest BCUT2D eigenvalue weighted by Crippen LogP contribution is 2.37. The molecule has 2 atom stereocenters. The Balaban J connectivity index is 1.95. The normalized spacial score (nSPS) is 35.0. The molecule has 0 aromatic carbocycles. The Bertz CT molecular complexity index is 177. The Kier molecular flexibility index (Phi) is 4.45. The van der Waals surface area contributed by atoms with Crippen LogP contribution in [0.1, 0.15) is 44.9 Å². The van der Waals surface area contributed by atoms with Gasteiger partial charge in [0.1, 0.15) is 0 Å². The molecule has 2 aliphatic rings. The van der Waals surface area contributed by atoms with Crippen LogP contribution in [0.5, 0.6) is 0 Å². The lowest BCUT2D eigenvalue weighted by Crippen LogP contribution is -2.32. The molecule has 15 heavy (non-hydrogen) atoms. The van der Waals surface area contributed by atoms with E-state index in [1.165, 1.54) is 44.9 Å². The average Bonchev–Trinajstić information content (AvgIpc) is 2.55. The van der Waals surface area contributed by atoms with Gasteiger partial charge in [0.05, 0.1) is 0 Å². The molecule has 1 aliphatic carbocycles. The Morgan fingerprint density at radius 1 is 0.933 bits per heavy atom. The third-order valence-electron chi connectivity index (χ3n) is 4.39. The van der Waals surface area contributed by atoms with Crippen LogP contribution in [0, 0.1) is 17.8 Å². The smallest absolute Gasteiger partial charge is 0.0468 e. The van der Waals surface area contributed by atoms with Crippen LogP contribution in [0.15, 0.2) is 0 Å². The molecule has 1 aliphatic heterocycles. The minimum absolute atomic E-state index is 0.801. The summed E-state index contributed by atoms with van der Waals surface area (Å²) in [6.07, 6.45) is 9.61. The molecule has 0 aromatic heterocycles. The van der Waals surface area contributed by atoms with Gasteiger partial charge in [-0.2, -0.15) is 0 Å². The number of nitrogens with two attached hydrogens (primary N) is 1. The Hall–Kier alpha value is -0.0800. The van der Waals surface area contributed by atoms with Crippen LogP contribution in [0.25, 0.3) is 0 Å². The van der Waals surface area contributed by atoms with Gasteiger partial charge in [0, 0.05) is 13.2 Å². The van der Waals surface area contributed by atoms with Crippen molar-refractivity contribution in [1.29, 1.82) is 0 Å². The van der Waals surface area contributed by atoms with Crippen molar-refractivity contribution in [2.75, 3.05) is 19.8 Å². The van der Waals surface area contributed by atoms with Crippen molar-refractivity contribution in [1.82, 2.24) is 0 Å². The first kappa shape index (κ1) is 11.4. The molecular weight excluding hydrogens is 186 g/mol. The predicted octanol–water partition coefficient (Wildman–Crippen LogP) is 2.57. The van der Waals surface area contributed by atoms with Crippen molar-refractivity contribution in [2.45, 2.75) is 44.9 Å². The monoisotopic (exact) mass is 211 g/mol. The summed E-state index contributed by atoms with van der Waals surface area (Å²) < 4.78 is 5.46. The molecule has 2 heteroatoms. The summed E-state index contributed by atoms with van der Waals surface area (Å²) in [7, 11) is 0. The highest BCUT2D eigenvalue weighted by atomic mass is 16.5. The van der Waals surface area contributed by atoms with E-state index in [0.717, 1.165) is 37.5 Å². The van der Waals surface area contributed by atoms with Gasteiger partial charge in [0.2, 0.25) is 0 Å². The van der Waals surface area contributed by atoms with Crippen molar-refractivity contribution >= 4 is 0 Å². The molecule has 2 unspecified atom stereocenters. The standard InChI is InChI=1S/C13H25NO/c14-10-12-4-2-1-3-5-13(12)11-6-8-15-9-7-11/h11-13H,1-10,14H2. The summed E-state index contributed by atoms with van der Waals surface area (Å²) in [5.41, 5.74) is 5.94. The van der Waals surface area contributed by atoms with Gasteiger partial charge in [-0.25, -0.2) is 0 Å². The first-order valence-electron chi connectivity index (χ1n) is 6.69. The van der Waals surface area contributed by atoms with Crippen LogP contribution in [-0.4, -0.2) is 19.8 Å². The molecule has 2 N–H and O–H groups in total. The SMILES string of the molecule is NCC1CCCCCC1C1CCOCC1. The number of hydrogen-bond acceptors (Lipinski definition) is 2. The highest BCUT2D eigenvalue weighted by Gasteiger charge is 2.30. The van der Waals surface area contributed by atoms with E-state index in [1.54, 1.807) is 0 Å². The van der Waals surface area contributed by atoms with E-state index in [0.29, 0.717) is 0 Å². The third kappa shape index (κ3) is 2.94. The summed E-state index contributed by atoms with van der Waals surface area (Å²) in [4.78, 5) is 0. The van der Waals surface area contributed by atoms with Crippen LogP contribution in [0.4, 0.5) is 0 Å². The molecule has 0 bridgehead atoms. The number of hydrogen-bond donors (Lipinski definition) is 1. The second-order valence-electron chi connectivity index (χ2n) is 5.25. The van der Waals surface area contributed by atoms with Crippen molar-refractivity contribution in [3.05, 3.63) is 0 Å². The van der Waals surface area contributed by atoms with Gasteiger partial charge < -0.3 is 10.5 Å². The highest BCUT2D eigenvalue weighted by molar-refractivity contribution is 4.81. The zero-order valence-corrected chi connectivity index (χ0v) is 9.79. The molecule has 88 valence electrons. The molecule has 1 heterocycles. The van der Waals surface area contributed by atoms with Gasteiger partial charge in [0.25, 0.3) is 0 Å². The van der Waals surface area contributed by atoms with Crippen molar-refractivity contribution in [3.63, 3.8) is 0 Å². The fraction of sp³-hybridized carbons (Fsp3) is 1.00. The van der Waals surface area contributed by atoms with E-state index in [1.807, 2.05) is 0 Å². The van der Waals surface area contributed by atoms with E-state index in [4.69, 9.17) is 10.5 Å². The van der Waals surface area contributed by atoms with Gasteiger partial charge in [0.15, 0.2) is 0 Å². The lowest BCUT2D eigenvalue weighted by atomic mass is 9.75. The molecular formula is C13H25NO. The molecule has 2 rings (SSSR count). The molecule has 0 spiro atoms. The Morgan fingerprint density at radius 2 is 1.67 bits per heavy atom. The molecule has 2 fully saturated rings. The van der Waals surface area contributed by atoms with Crippen LogP contribution < -0.4 is 5.73 Å². The summed E-state index contributed by atoms with van der Waals surface area (Å²) in [5.74, 6) is 2.61. The van der Waals surface area contributed by atoms with E-state index >= 15 is 0 Å². The van der Waals surface area contributed by atoms with Crippen LogP contribution in [0.2, 0.25) is 0 Å². The zero-order chi connectivity index (χ0) is 10.5. The van der Waals surface area contributed by atoms with Gasteiger partial charge in [-0.3, -0.25) is 0 Å². The molecule has 0 aromatic rings. The van der Waals surface area contributed by atoms with Gasteiger partial charge in [-0.15, -0.1) is 0 Å². The van der Waals surface area contributed by atoms with Gasteiger partial charge in [-0.1, -0.05) is 19.3 Å². The Morgan fingerprint density at radius 3 is 2.40 bits per heavy atom. The Labute approximate surface area is 93.6 Å². The molecule has 1 saturated heterocycles. The number of ether oxygens (including phenoxy) is 1. The topological polar surface area (TPSA) is 35.2 Å². The van der Waals surface area contributed by atoms with Crippen molar-refractivity contribution in [3.8, 4) is 0 Å². The largest absolute Gasteiger partial charge is 0.381 e. The lowest BCUT2D eigenvalue weighted by Gasteiger charge is -2.34. The molecule has 0 radical (unpaired) electrons. The van der Waals surface area contributed by atoms with E-state index in [2.05, 4.69) is 0 Å². The minimum atomic E-state index is 0.801. The van der Waals surface area contributed by atoms with E-state index < -0.39 is 0 Å². The van der Waals surface area contributed by atoms with Crippen LogP contribution >= 0.6 is 0 Å². The molecule has 2 nitrogen and oxygen atoms in total. The summed E-state index contributed by atoms with van der Waals surface area (Å²) in [6, 6.07) is 0. The quantitative estimate of drug-likeness (QED) is 0.712. The maximum Gasteiger partial charge on any atom is 0.0468 e. The lowest BCUT2D eigenvalue weighted by molar-refractivity contribution is 0.0328. The van der Waals surface area contributed by atoms with Crippen molar-refractivity contribution < 1.29 is 4.74 Å². The van der Waals surface area contributed by atoms with E-state index in [9.17, 15) is 0 Å². The minimum Gasteiger partial charge on any atom is -0.381 e. The fourth-order valence-electron chi connectivity index (χ4n) is 3.47. The van der Waals surface area contributed by atoms with Crippen LogP contribution in [-0.2, 0) is 4.74 Å². The first-order valence-corrected chi connectivity index (χ1v) is 6.69. The van der Waals surface area contributed by atoms with Gasteiger partial charge >= 0.3 is 0 Å². The van der Waals surface area contributed by atoms with E-state index in [-0.39, 0.29) is 0 Å². The second kappa shape index (κ2) is 5.86. The zero-order valence-electron chi connectivity index (χ0n) is 9.79. The number of rotatable bonds is 2. The van der Waals surface area contributed by atoms with Crippen LogP contribution in [0.3, 0.4) is 0 Å². The summed E-state index contributed by atoms with van der Waals surface area (Å²) in [6.45, 7) is 2.87. The third-order valence-corrected chi connectivity index (χ3v) is 4.39. The van der Waals surface area contributed by atoms with Gasteiger partial charge in [-0.05, 0) is 50.0 Å². The average molecular weight is 211 g/mol. The maximum absolute atomic E-state index is 5.94. The predicted molar refractivity (Wildman–Crippen MR) is 62.7 cm³/mol. The second-order valence-corrected chi connectivity index (χ2v) is 5.25. The molecule has 1 saturated carbocycles. The first-order chi connectivity index (χ1) is 7.42. The molecule has 0 amide bonds. The maximum atomic E-state index is 5.94. The van der Waals surface area contributed by atoms with Crippen molar-refractivity contribution in [2.24, 2.45) is 23.5 Å². The summed E-state index contributed by atoms with van der Waals surface area (Å²) in [5, 5.41) is 0. The fourth-order valence-corrected chi connectivity index (χ4v) is 3.47.